The number of sulfonamides is 1. The van der Waals surface area contributed by atoms with Gasteiger partial charge >= 0.3 is 0 Å². The zero-order chi connectivity index (χ0) is 14.0. The standard InChI is InChI=1S/C11H10BrIN2O2S2/c12-11-10(5-7(6-14)18-11)19(16,17)15-9-4-2-1-3-8(9)13/h1-5,15H,6,14H2. The molecular formula is C11H10BrIN2O2S2. The van der Waals surface area contributed by atoms with E-state index in [0.717, 1.165) is 8.45 Å². The second-order valence-corrected chi connectivity index (χ2v) is 8.91. The van der Waals surface area contributed by atoms with Crippen molar-refractivity contribution in [3.63, 3.8) is 0 Å². The summed E-state index contributed by atoms with van der Waals surface area (Å²) in [7, 11) is -3.60. The number of rotatable bonds is 4. The van der Waals surface area contributed by atoms with Gasteiger partial charge in [0.2, 0.25) is 0 Å². The molecule has 0 aliphatic heterocycles. The predicted molar refractivity (Wildman–Crippen MR) is 89.9 cm³/mol. The lowest BCUT2D eigenvalue weighted by atomic mass is 10.3. The maximum absolute atomic E-state index is 12.3. The average molecular weight is 473 g/mol. The summed E-state index contributed by atoms with van der Waals surface area (Å²) in [6.07, 6.45) is 0. The molecule has 0 saturated heterocycles. The molecule has 0 radical (unpaired) electrons. The van der Waals surface area contributed by atoms with Crippen molar-refractivity contribution in [2.45, 2.75) is 11.4 Å². The van der Waals surface area contributed by atoms with E-state index >= 15 is 0 Å². The van der Waals surface area contributed by atoms with Crippen molar-refractivity contribution in [1.29, 1.82) is 0 Å². The number of thiophene rings is 1. The first-order valence-corrected chi connectivity index (χ1v) is 9.37. The van der Waals surface area contributed by atoms with Gasteiger partial charge in [0.1, 0.15) is 4.90 Å². The molecule has 0 amide bonds. The van der Waals surface area contributed by atoms with Crippen molar-refractivity contribution in [3.8, 4) is 0 Å². The first-order valence-electron chi connectivity index (χ1n) is 5.19. The van der Waals surface area contributed by atoms with Gasteiger partial charge in [-0.05, 0) is 56.7 Å². The average Bonchev–Trinajstić information content (AvgIpc) is 2.74. The lowest BCUT2D eigenvalue weighted by molar-refractivity contribution is 0.601. The summed E-state index contributed by atoms with van der Waals surface area (Å²) in [5, 5.41) is 0. The maximum atomic E-state index is 12.3. The molecule has 3 N–H and O–H groups in total. The molecule has 19 heavy (non-hydrogen) atoms. The lowest BCUT2D eigenvalue weighted by Crippen LogP contribution is -2.13. The third-order valence-corrected chi connectivity index (χ3v) is 6.90. The van der Waals surface area contributed by atoms with Crippen molar-refractivity contribution in [1.82, 2.24) is 0 Å². The van der Waals surface area contributed by atoms with Crippen molar-refractivity contribution in [2.24, 2.45) is 5.73 Å². The van der Waals surface area contributed by atoms with E-state index in [2.05, 4.69) is 43.2 Å². The van der Waals surface area contributed by atoms with Crippen LogP contribution in [0.15, 0.2) is 39.0 Å². The highest BCUT2D eigenvalue weighted by Gasteiger charge is 2.21. The highest BCUT2D eigenvalue weighted by atomic mass is 127. The van der Waals surface area contributed by atoms with E-state index in [1.54, 1.807) is 18.2 Å². The largest absolute Gasteiger partial charge is 0.326 e. The van der Waals surface area contributed by atoms with Gasteiger partial charge in [0.25, 0.3) is 10.0 Å². The molecule has 0 saturated carbocycles. The number of halogens is 2. The van der Waals surface area contributed by atoms with Crippen molar-refractivity contribution >= 4 is 65.6 Å². The highest BCUT2D eigenvalue weighted by molar-refractivity contribution is 14.1. The van der Waals surface area contributed by atoms with Crippen LogP contribution in [-0.2, 0) is 16.6 Å². The fourth-order valence-corrected chi connectivity index (χ4v) is 5.77. The summed E-state index contributed by atoms with van der Waals surface area (Å²) in [4.78, 5) is 1.03. The van der Waals surface area contributed by atoms with Crippen LogP contribution in [0.3, 0.4) is 0 Å². The van der Waals surface area contributed by atoms with Crippen molar-refractivity contribution in [2.75, 3.05) is 4.72 Å². The highest BCUT2D eigenvalue weighted by Crippen LogP contribution is 2.33. The van der Waals surface area contributed by atoms with Crippen LogP contribution in [0, 0.1) is 3.57 Å². The first kappa shape index (κ1) is 15.2. The fourth-order valence-electron chi connectivity index (χ4n) is 1.43. The molecule has 1 aromatic heterocycles. The van der Waals surface area contributed by atoms with Crippen LogP contribution < -0.4 is 10.5 Å². The van der Waals surface area contributed by atoms with Crippen LogP contribution in [0.2, 0.25) is 0 Å². The van der Waals surface area contributed by atoms with E-state index in [1.165, 1.54) is 11.3 Å². The van der Waals surface area contributed by atoms with E-state index in [9.17, 15) is 8.42 Å². The number of hydrogen-bond donors (Lipinski definition) is 2. The zero-order valence-corrected chi connectivity index (χ0v) is 14.9. The molecule has 0 spiro atoms. The fraction of sp³-hybridized carbons (Fsp3) is 0.0909. The Morgan fingerprint density at radius 2 is 2.05 bits per heavy atom. The molecule has 0 aliphatic carbocycles. The predicted octanol–water partition coefficient (Wildman–Crippen LogP) is 3.37. The van der Waals surface area contributed by atoms with Crippen molar-refractivity contribution in [3.05, 3.63) is 42.6 Å². The SMILES string of the molecule is NCc1cc(S(=O)(=O)Nc2ccccc2I)c(Br)s1. The van der Waals surface area contributed by atoms with E-state index in [4.69, 9.17) is 5.73 Å². The number of anilines is 1. The minimum Gasteiger partial charge on any atom is -0.326 e. The van der Waals surface area contributed by atoms with Crippen LogP contribution in [0.5, 0.6) is 0 Å². The third-order valence-electron chi connectivity index (χ3n) is 2.32. The molecule has 2 aromatic rings. The van der Waals surface area contributed by atoms with E-state index < -0.39 is 10.0 Å². The summed E-state index contributed by atoms with van der Waals surface area (Å²) >= 11 is 6.68. The van der Waals surface area contributed by atoms with Crippen LogP contribution >= 0.6 is 49.9 Å². The molecule has 0 unspecified atom stereocenters. The maximum Gasteiger partial charge on any atom is 0.263 e. The lowest BCUT2D eigenvalue weighted by Gasteiger charge is -2.08. The Labute approximate surface area is 137 Å². The zero-order valence-electron chi connectivity index (χ0n) is 9.56. The Bertz CT molecular complexity index is 700. The van der Waals surface area contributed by atoms with Crippen molar-refractivity contribution < 1.29 is 8.42 Å². The number of hydrogen-bond acceptors (Lipinski definition) is 4. The summed E-state index contributed by atoms with van der Waals surface area (Å²) in [5.41, 5.74) is 6.09. The molecular weight excluding hydrogens is 463 g/mol. The van der Waals surface area contributed by atoms with Gasteiger partial charge in [-0.1, -0.05) is 12.1 Å². The number of nitrogens with two attached hydrogens (primary N) is 1. The van der Waals surface area contributed by atoms with Crippen LogP contribution in [0.4, 0.5) is 5.69 Å². The minimum atomic E-state index is -3.60. The van der Waals surface area contributed by atoms with Gasteiger partial charge in [-0.3, -0.25) is 4.72 Å². The Morgan fingerprint density at radius 3 is 2.63 bits per heavy atom. The van der Waals surface area contributed by atoms with E-state index in [1.807, 2.05) is 12.1 Å². The number of benzene rings is 1. The molecule has 2 rings (SSSR count). The van der Waals surface area contributed by atoms with Gasteiger partial charge in [-0.2, -0.15) is 0 Å². The summed E-state index contributed by atoms with van der Waals surface area (Å²) in [6.45, 7) is 0.321. The van der Waals surface area contributed by atoms with Crippen LogP contribution in [0.1, 0.15) is 4.88 Å². The van der Waals surface area contributed by atoms with E-state index in [0.29, 0.717) is 16.0 Å². The normalized spacial score (nSPS) is 11.5. The topological polar surface area (TPSA) is 72.2 Å². The number of para-hydroxylation sites is 1. The minimum absolute atomic E-state index is 0.220. The molecule has 4 nitrogen and oxygen atoms in total. The molecule has 1 aromatic carbocycles. The summed E-state index contributed by atoms with van der Waals surface area (Å²) < 4.78 is 28.6. The smallest absolute Gasteiger partial charge is 0.263 e. The van der Waals surface area contributed by atoms with Crippen LogP contribution in [-0.4, -0.2) is 8.42 Å². The molecule has 8 heteroatoms. The molecule has 1 heterocycles. The second kappa shape index (κ2) is 6.08. The van der Waals surface area contributed by atoms with Gasteiger partial charge in [-0.15, -0.1) is 11.3 Å². The Balaban J connectivity index is 2.38. The first-order chi connectivity index (χ1) is 8.94. The second-order valence-electron chi connectivity index (χ2n) is 3.64. The van der Waals surface area contributed by atoms with Gasteiger partial charge in [0.15, 0.2) is 0 Å². The van der Waals surface area contributed by atoms with E-state index in [-0.39, 0.29) is 4.90 Å². The summed E-state index contributed by atoms with van der Waals surface area (Å²) in [6, 6.07) is 8.79. The molecule has 0 atom stereocenters. The van der Waals surface area contributed by atoms with Gasteiger partial charge in [0, 0.05) is 15.0 Å². The molecule has 0 bridgehead atoms. The molecule has 102 valence electrons. The van der Waals surface area contributed by atoms with Gasteiger partial charge in [-0.25, -0.2) is 8.42 Å². The van der Waals surface area contributed by atoms with Gasteiger partial charge < -0.3 is 5.73 Å². The molecule has 0 aliphatic rings. The number of nitrogens with one attached hydrogen (secondary N) is 1. The Morgan fingerprint density at radius 1 is 1.37 bits per heavy atom. The third kappa shape index (κ3) is 3.48. The Kier molecular flexibility index (Phi) is 4.88. The monoisotopic (exact) mass is 472 g/mol. The quantitative estimate of drug-likeness (QED) is 0.670. The van der Waals surface area contributed by atoms with Gasteiger partial charge in [0.05, 0.1) is 9.47 Å². The Hall–Kier alpha value is -0.160. The van der Waals surface area contributed by atoms with Crippen LogP contribution in [0.25, 0.3) is 0 Å². The molecule has 0 fully saturated rings. The summed E-state index contributed by atoms with van der Waals surface area (Å²) in [5.74, 6) is 0.